The minimum Gasteiger partial charge on any atom is -0.481 e. The summed E-state index contributed by atoms with van der Waals surface area (Å²) in [6, 6.07) is 13.0. The van der Waals surface area contributed by atoms with Gasteiger partial charge in [0.15, 0.2) is 0 Å². The van der Waals surface area contributed by atoms with E-state index in [1.165, 1.54) is 0 Å². The van der Waals surface area contributed by atoms with E-state index in [1.807, 2.05) is 46.7 Å². The van der Waals surface area contributed by atoms with Crippen molar-refractivity contribution in [3.8, 4) is 0 Å². The Bertz CT molecular complexity index is 1130. The maximum atomic E-state index is 13.2. The molecule has 2 aliphatic heterocycles. The molecule has 2 bridgehead atoms. The molecule has 3 aliphatic rings. The summed E-state index contributed by atoms with van der Waals surface area (Å²) in [4.78, 5) is 49.1. The number of hydrogen-bond acceptors (Lipinski definition) is 4. The van der Waals surface area contributed by atoms with E-state index in [0.29, 0.717) is 25.2 Å². The van der Waals surface area contributed by atoms with E-state index in [1.54, 1.807) is 12.1 Å². The Hall–Kier alpha value is -3.42. The summed E-state index contributed by atoms with van der Waals surface area (Å²) < 4.78 is 1.87. The number of carboxylic acids is 1. The molecule has 5 rings (SSSR count). The lowest BCUT2D eigenvalue weighted by Gasteiger charge is -2.47. The van der Waals surface area contributed by atoms with Crippen LogP contribution in [0, 0.1) is 18.8 Å². The molecule has 180 valence electrons. The molecular formula is C26H31N3O5. The van der Waals surface area contributed by atoms with Gasteiger partial charge in [0.25, 0.3) is 17.4 Å². The van der Waals surface area contributed by atoms with Crippen LogP contribution in [0.2, 0.25) is 0 Å². The summed E-state index contributed by atoms with van der Waals surface area (Å²) in [5.41, 5.74) is 2.78. The smallest absolute Gasteiger partial charge is 0.300 e. The van der Waals surface area contributed by atoms with Crippen molar-refractivity contribution in [2.45, 2.75) is 45.1 Å². The Morgan fingerprint density at radius 1 is 1.06 bits per heavy atom. The third-order valence-electron chi connectivity index (χ3n) is 6.82. The SMILES string of the molecule is CC(=O)O.Cc1ccc(C(=O)N2C[C@H]3C[C@@H](C2)[C@H](CNC(=O)C2CC2)n2c3cccc2=O)cc1. The number of aliphatic carboxylic acids is 1. The Kier molecular flexibility index (Phi) is 6.86. The highest BCUT2D eigenvalue weighted by atomic mass is 16.4. The van der Waals surface area contributed by atoms with Crippen molar-refractivity contribution >= 4 is 17.8 Å². The fraction of sp³-hybridized carbons (Fsp3) is 0.462. The highest BCUT2D eigenvalue weighted by Crippen LogP contribution is 2.41. The summed E-state index contributed by atoms with van der Waals surface area (Å²) >= 11 is 0. The quantitative estimate of drug-likeness (QED) is 0.722. The van der Waals surface area contributed by atoms with Gasteiger partial charge in [0, 0.05) is 55.7 Å². The maximum absolute atomic E-state index is 13.2. The number of rotatable bonds is 4. The number of aryl methyl sites for hydroxylation is 1. The van der Waals surface area contributed by atoms with Gasteiger partial charge in [-0.05, 0) is 50.3 Å². The Labute approximate surface area is 198 Å². The van der Waals surface area contributed by atoms with Gasteiger partial charge >= 0.3 is 0 Å². The number of benzene rings is 1. The van der Waals surface area contributed by atoms with Crippen LogP contribution in [0.25, 0.3) is 0 Å². The van der Waals surface area contributed by atoms with Crippen molar-refractivity contribution < 1.29 is 19.5 Å². The largest absolute Gasteiger partial charge is 0.481 e. The van der Waals surface area contributed by atoms with E-state index >= 15 is 0 Å². The lowest BCUT2D eigenvalue weighted by molar-refractivity contribution is -0.134. The third kappa shape index (κ3) is 5.21. The van der Waals surface area contributed by atoms with E-state index in [9.17, 15) is 14.4 Å². The van der Waals surface area contributed by atoms with Crippen LogP contribution in [-0.4, -0.2) is 52.0 Å². The Balaban J connectivity index is 0.000000636. The van der Waals surface area contributed by atoms with Crippen LogP contribution in [0.15, 0.2) is 47.3 Å². The highest BCUT2D eigenvalue weighted by molar-refractivity contribution is 5.94. The molecule has 1 aromatic carbocycles. The fourth-order valence-corrected chi connectivity index (χ4v) is 5.04. The van der Waals surface area contributed by atoms with Crippen molar-refractivity contribution in [3.63, 3.8) is 0 Å². The number of nitrogens with one attached hydrogen (secondary N) is 1. The van der Waals surface area contributed by atoms with Crippen molar-refractivity contribution in [2.24, 2.45) is 11.8 Å². The van der Waals surface area contributed by atoms with Crippen LogP contribution in [-0.2, 0) is 9.59 Å². The van der Waals surface area contributed by atoms with Crippen molar-refractivity contribution in [3.05, 3.63) is 69.6 Å². The van der Waals surface area contributed by atoms with Crippen LogP contribution >= 0.6 is 0 Å². The minimum atomic E-state index is -0.833. The number of nitrogens with zero attached hydrogens (tertiary/aromatic N) is 2. The van der Waals surface area contributed by atoms with Gasteiger partial charge in [-0.15, -0.1) is 0 Å². The summed E-state index contributed by atoms with van der Waals surface area (Å²) in [5, 5.41) is 10.5. The van der Waals surface area contributed by atoms with Gasteiger partial charge in [0.1, 0.15) is 0 Å². The van der Waals surface area contributed by atoms with E-state index < -0.39 is 5.97 Å². The number of likely N-dealkylation sites (tertiary alicyclic amines) is 1. The average molecular weight is 466 g/mol. The number of aromatic nitrogens is 1. The van der Waals surface area contributed by atoms with Crippen molar-refractivity contribution in [2.75, 3.05) is 19.6 Å². The molecular weight excluding hydrogens is 434 g/mol. The molecule has 0 spiro atoms. The van der Waals surface area contributed by atoms with E-state index in [4.69, 9.17) is 9.90 Å². The van der Waals surface area contributed by atoms with Crippen LogP contribution < -0.4 is 10.9 Å². The number of carbonyl (C=O) groups is 3. The van der Waals surface area contributed by atoms with E-state index in [-0.39, 0.29) is 41.2 Å². The minimum absolute atomic E-state index is 0.0221. The standard InChI is InChI=1S/C24H27N3O3.C2H4O2/c1-15-5-7-17(8-6-15)24(30)26-13-18-11-19(14-26)21(12-25-23(29)16-9-10-16)27-20(18)3-2-4-22(27)28;1-2(3)4/h2-8,16,18-19,21H,9-14H2,1H3,(H,25,29);1H3,(H,3,4)/t18-,19+,21+;/m1./s1. The Morgan fingerprint density at radius 3 is 2.38 bits per heavy atom. The van der Waals surface area contributed by atoms with Gasteiger partial charge in [0.2, 0.25) is 5.91 Å². The predicted molar refractivity (Wildman–Crippen MR) is 127 cm³/mol. The lowest BCUT2D eigenvalue weighted by atomic mass is 9.78. The molecule has 1 saturated carbocycles. The maximum Gasteiger partial charge on any atom is 0.300 e. The van der Waals surface area contributed by atoms with Gasteiger partial charge < -0.3 is 19.9 Å². The van der Waals surface area contributed by atoms with Crippen LogP contribution in [0.3, 0.4) is 0 Å². The fourth-order valence-electron chi connectivity index (χ4n) is 5.04. The normalized spacial score (nSPS) is 22.6. The predicted octanol–water partition coefficient (Wildman–Crippen LogP) is 2.57. The number of piperidine rings is 1. The number of amides is 2. The summed E-state index contributed by atoms with van der Waals surface area (Å²) in [5.74, 6) is -0.282. The van der Waals surface area contributed by atoms with Gasteiger partial charge in [-0.25, -0.2) is 0 Å². The topological polar surface area (TPSA) is 109 Å². The zero-order valence-corrected chi connectivity index (χ0v) is 19.6. The molecule has 34 heavy (non-hydrogen) atoms. The molecule has 1 aromatic heterocycles. The second-order valence-electron chi connectivity index (χ2n) is 9.53. The van der Waals surface area contributed by atoms with Crippen molar-refractivity contribution in [1.29, 1.82) is 0 Å². The van der Waals surface area contributed by atoms with E-state index in [0.717, 1.165) is 37.4 Å². The molecule has 2 N–H and O–H groups in total. The number of fused-ring (bicyclic) bond motifs is 4. The Morgan fingerprint density at radius 2 is 1.74 bits per heavy atom. The molecule has 2 fully saturated rings. The first-order chi connectivity index (χ1) is 16.2. The first-order valence-corrected chi connectivity index (χ1v) is 11.8. The number of carbonyl (C=O) groups excluding carboxylic acids is 2. The zero-order chi connectivity index (χ0) is 24.4. The highest BCUT2D eigenvalue weighted by Gasteiger charge is 2.42. The van der Waals surface area contributed by atoms with Gasteiger partial charge in [0.05, 0.1) is 6.04 Å². The molecule has 8 nitrogen and oxygen atoms in total. The van der Waals surface area contributed by atoms with Crippen LogP contribution in [0.5, 0.6) is 0 Å². The summed E-state index contributed by atoms with van der Waals surface area (Å²) in [7, 11) is 0. The van der Waals surface area contributed by atoms with Crippen molar-refractivity contribution in [1.82, 2.24) is 14.8 Å². The number of pyridine rings is 1. The third-order valence-corrected chi connectivity index (χ3v) is 6.82. The lowest BCUT2D eigenvalue weighted by Crippen LogP contribution is -2.53. The van der Waals surface area contributed by atoms with Gasteiger partial charge in [-0.2, -0.15) is 0 Å². The number of carboxylic acid groups (broad SMARTS) is 1. The zero-order valence-electron chi connectivity index (χ0n) is 19.6. The summed E-state index contributed by atoms with van der Waals surface area (Å²) in [6.07, 6.45) is 2.85. The molecule has 2 aromatic rings. The first-order valence-electron chi connectivity index (χ1n) is 11.8. The first kappa shape index (κ1) is 23.7. The second-order valence-corrected chi connectivity index (χ2v) is 9.53. The molecule has 0 unspecified atom stereocenters. The molecule has 1 saturated heterocycles. The molecule has 0 radical (unpaired) electrons. The second kappa shape index (κ2) is 9.83. The van der Waals surface area contributed by atoms with Gasteiger partial charge in [-0.1, -0.05) is 23.8 Å². The number of hydrogen-bond donors (Lipinski definition) is 2. The average Bonchev–Trinajstić information content (AvgIpc) is 3.64. The molecule has 2 amide bonds. The molecule has 8 heteroatoms. The van der Waals surface area contributed by atoms with Crippen LogP contribution in [0.4, 0.5) is 0 Å². The summed E-state index contributed by atoms with van der Waals surface area (Å²) in [6.45, 7) is 4.76. The van der Waals surface area contributed by atoms with E-state index in [2.05, 4.69) is 5.32 Å². The monoisotopic (exact) mass is 465 g/mol. The molecule has 3 atom stereocenters. The van der Waals surface area contributed by atoms with Crippen LogP contribution in [0.1, 0.15) is 59.8 Å². The molecule has 1 aliphatic carbocycles. The molecule has 3 heterocycles. The van der Waals surface area contributed by atoms with Gasteiger partial charge in [-0.3, -0.25) is 19.2 Å².